The molecule has 8 aromatic carbocycles. The van der Waals surface area contributed by atoms with Gasteiger partial charge in [-0.3, -0.25) is 0 Å². The van der Waals surface area contributed by atoms with Crippen LogP contribution in [0.3, 0.4) is 0 Å². The third-order valence-electron chi connectivity index (χ3n) is 13.7. The third-order valence-corrected chi connectivity index (χ3v) is 15.0. The maximum Gasteiger partial charge on any atom is 0.252 e. The zero-order valence-corrected chi connectivity index (χ0v) is 39.4. The van der Waals surface area contributed by atoms with Crippen molar-refractivity contribution >= 4 is 88.7 Å². The van der Waals surface area contributed by atoms with Gasteiger partial charge in [-0.2, -0.15) is 0 Å². The fraction of sp³-hybridized carbons (Fsp3) is 0.200. The van der Waals surface area contributed by atoms with Crippen LogP contribution in [0.5, 0.6) is 0 Å². The van der Waals surface area contributed by atoms with Crippen molar-refractivity contribution in [3.63, 3.8) is 0 Å². The predicted octanol–water partition coefficient (Wildman–Crippen LogP) is 15.4. The van der Waals surface area contributed by atoms with E-state index >= 15 is 0 Å². The first-order chi connectivity index (χ1) is 30.6. The van der Waals surface area contributed by atoms with Crippen molar-refractivity contribution < 1.29 is 0 Å². The van der Waals surface area contributed by atoms with Gasteiger partial charge in [0.2, 0.25) is 0 Å². The number of benzene rings is 8. The van der Waals surface area contributed by atoms with Crippen LogP contribution in [0.4, 0.5) is 34.1 Å². The highest BCUT2D eigenvalue weighted by Gasteiger charge is 2.45. The van der Waals surface area contributed by atoms with Crippen molar-refractivity contribution in [2.75, 3.05) is 9.80 Å². The molecule has 0 N–H and O–H groups in total. The fourth-order valence-corrected chi connectivity index (χ4v) is 11.4. The molecule has 11 rings (SSSR count). The maximum absolute atomic E-state index is 2.59. The van der Waals surface area contributed by atoms with Crippen molar-refractivity contribution in [1.29, 1.82) is 0 Å². The monoisotopic (exact) mass is 846 g/mol. The smallest absolute Gasteiger partial charge is 0.252 e. The molecule has 0 fully saturated rings. The number of anilines is 6. The summed E-state index contributed by atoms with van der Waals surface area (Å²) in [6.45, 7) is 21.1. The van der Waals surface area contributed by atoms with Crippen molar-refractivity contribution in [2.24, 2.45) is 0 Å². The maximum atomic E-state index is 2.59. The molecule has 4 heteroatoms. The Hall–Kier alpha value is -6.36. The summed E-state index contributed by atoms with van der Waals surface area (Å²) in [5.74, 6) is 0. The molecule has 0 aliphatic carbocycles. The Kier molecular flexibility index (Phi) is 9.21. The first-order valence-electron chi connectivity index (χ1n) is 22.9. The Balaban J connectivity index is 1.16. The first kappa shape index (κ1) is 40.4. The van der Waals surface area contributed by atoms with Crippen molar-refractivity contribution in [1.82, 2.24) is 0 Å². The lowest BCUT2D eigenvalue weighted by Gasteiger charge is -2.45. The van der Waals surface area contributed by atoms with Gasteiger partial charge in [-0.25, -0.2) is 0 Å². The van der Waals surface area contributed by atoms with E-state index in [2.05, 4.69) is 242 Å². The standard InChI is InChI=1S/C60H55BN2S/c1-58(2,3)41-27-33-51-50(34-41)61-49-32-26-42(59(4,5)6)35-52(49)63(45-30-24-40(25-31-45)46-19-15-20-48-47-18-13-14-21-55(47)64-57(46)48)54-37-43(60(7,8)9)36-53(56(54)61)62(51)44-28-22-39(23-29-44)38-16-11-10-12-17-38/h10-37H,1-9H3. The molecule has 314 valence electrons. The summed E-state index contributed by atoms with van der Waals surface area (Å²) in [6, 6.07) is 64.6. The van der Waals surface area contributed by atoms with E-state index in [9.17, 15) is 0 Å². The minimum atomic E-state index is -0.105. The van der Waals surface area contributed by atoms with Gasteiger partial charge in [0.25, 0.3) is 6.71 Å². The van der Waals surface area contributed by atoms with Crippen molar-refractivity contribution in [3.8, 4) is 22.3 Å². The van der Waals surface area contributed by atoms with Crippen LogP contribution in [0.25, 0.3) is 42.4 Å². The lowest BCUT2D eigenvalue weighted by atomic mass is 9.33. The molecule has 0 unspecified atom stereocenters. The molecule has 0 spiro atoms. The van der Waals surface area contributed by atoms with Crippen molar-refractivity contribution in [2.45, 2.75) is 78.6 Å². The Morgan fingerprint density at radius 2 is 0.922 bits per heavy atom. The van der Waals surface area contributed by atoms with Gasteiger partial charge < -0.3 is 9.80 Å². The van der Waals surface area contributed by atoms with Gasteiger partial charge in [0.1, 0.15) is 0 Å². The minimum Gasteiger partial charge on any atom is -0.311 e. The zero-order valence-electron chi connectivity index (χ0n) is 38.5. The summed E-state index contributed by atoms with van der Waals surface area (Å²) >= 11 is 1.89. The Morgan fingerprint density at radius 3 is 1.58 bits per heavy atom. The summed E-state index contributed by atoms with van der Waals surface area (Å²) < 4.78 is 2.67. The van der Waals surface area contributed by atoms with E-state index in [-0.39, 0.29) is 23.0 Å². The summed E-state index contributed by atoms with van der Waals surface area (Å²) in [7, 11) is 0. The number of thiophene rings is 1. The highest BCUT2D eigenvalue weighted by atomic mass is 32.1. The van der Waals surface area contributed by atoms with Crippen LogP contribution in [0.15, 0.2) is 170 Å². The lowest BCUT2D eigenvalue weighted by Crippen LogP contribution is -2.61. The van der Waals surface area contributed by atoms with E-state index < -0.39 is 0 Å². The Morgan fingerprint density at radius 1 is 0.391 bits per heavy atom. The summed E-state index contributed by atoms with van der Waals surface area (Å²) in [5, 5.41) is 2.66. The largest absolute Gasteiger partial charge is 0.311 e. The quantitative estimate of drug-likeness (QED) is 0.163. The fourth-order valence-electron chi connectivity index (χ4n) is 10.1. The highest BCUT2D eigenvalue weighted by Crippen LogP contribution is 2.48. The number of hydrogen-bond donors (Lipinski definition) is 0. The van der Waals surface area contributed by atoms with Gasteiger partial charge in [-0.15, -0.1) is 11.3 Å². The van der Waals surface area contributed by atoms with Gasteiger partial charge >= 0.3 is 0 Å². The number of nitrogens with zero attached hydrogens (tertiary/aromatic N) is 2. The van der Waals surface area contributed by atoms with Gasteiger partial charge in [-0.1, -0.05) is 178 Å². The number of rotatable bonds is 4. The summed E-state index contributed by atoms with van der Waals surface area (Å²) in [4.78, 5) is 5.15. The average Bonchev–Trinajstić information content (AvgIpc) is 3.67. The molecular weight excluding hydrogens is 792 g/mol. The van der Waals surface area contributed by atoms with E-state index in [1.54, 1.807) is 0 Å². The second-order valence-corrected chi connectivity index (χ2v) is 22.1. The molecule has 0 amide bonds. The van der Waals surface area contributed by atoms with Crippen molar-refractivity contribution in [3.05, 3.63) is 187 Å². The van der Waals surface area contributed by atoms with Crippen LogP contribution in [0.2, 0.25) is 0 Å². The molecule has 2 aliphatic rings. The molecule has 64 heavy (non-hydrogen) atoms. The van der Waals surface area contributed by atoms with Crippen LogP contribution in [0.1, 0.15) is 79.0 Å². The molecule has 2 nitrogen and oxygen atoms in total. The Labute approximate surface area is 383 Å². The van der Waals surface area contributed by atoms with Gasteiger partial charge in [0.15, 0.2) is 0 Å². The molecular formula is C60H55BN2S. The molecule has 2 aliphatic heterocycles. The molecule has 0 bridgehead atoms. The molecule has 0 saturated heterocycles. The normalized spacial score (nSPS) is 13.6. The second kappa shape index (κ2) is 14.6. The van der Waals surface area contributed by atoms with Crippen LogP contribution < -0.4 is 26.2 Å². The third kappa shape index (κ3) is 6.60. The van der Waals surface area contributed by atoms with Crippen LogP contribution >= 0.6 is 11.3 Å². The zero-order chi connectivity index (χ0) is 44.3. The van der Waals surface area contributed by atoms with E-state index in [0.29, 0.717) is 0 Å². The van der Waals surface area contributed by atoms with Crippen LogP contribution in [-0.4, -0.2) is 6.71 Å². The molecule has 3 heterocycles. The highest BCUT2D eigenvalue weighted by molar-refractivity contribution is 7.26. The van der Waals surface area contributed by atoms with Gasteiger partial charge in [-0.05, 0) is 126 Å². The lowest BCUT2D eigenvalue weighted by molar-refractivity contribution is 0.589. The predicted molar refractivity (Wildman–Crippen MR) is 280 cm³/mol. The molecule has 0 radical (unpaired) electrons. The average molecular weight is 847 g/mol. The van der Waals surface area contributed by atoms with E-state index in [1.165, 1.54) is 104 Å². The van der Waals surface area contributed by atoms with E-state index in [1.807, 2.05) is 11.3 Å². The minimum absolute atomic E-state index is 0.0159. The topological polar surface area (TPSA) is 6.48 Å². The molecule has 1 aromatic heterocycles. The molecule has 0 saturated carbocycles. The van der Waals surface area contributed by atoms with Crippen LogP contribution in [-0.2, 0) is 16.2 Å². The van der Waals surface area contributed by atoms with E-state index in [0.717, 1.165) is 5.69 Å². The summed E-state index contributed by atoms with van der Waals surface area (Å²) in [5.41, 5.74) is 20.2. The number of hydrogen-bond acceptors (Lipinski definition) is 3. The van der Waals surface area contributed by atoms with Crippen LogP contribution in [0, 0.1) is 0 Å². The summed E-state index contributed by atoms with van der Waals surface area (Å²) in [6.07, 6.45) is 0. The second-order valence-electron chi connectivity index (χ2n) is 21.1. The molecule has 9 aromatic rings. The van der Waals surface area contributed by atoms with Gasteiger partial charge in [0.05, 0.1) is 0 Å². The number of fused-ring (bicyclic) bond motifs is 7. The SMILES string of the molecule is CC(C)(C)c1ccc2c(c1)B1c3ccc(C(C)(C)C)cc3N(c3ccc(-c4cccc5c4sc4ccccc45)cc3)c3cc(C(C)(C)C)cc(c31)N2c1ccc(-c2ccccc2)cc1. The van der Waals surface area contributed by atoms with E-state index in [4.69, 9.17) is 0 Å². The Bertz CT molecular complexity index is 3270. The first-order valence-corrected chi connectivity index (χ1v) is 23.7. The molecule has 0 atom stereocenters. The van der Waals surface area contributed by atoms with Gasteiger partial charge in [0, 0.05) is 54.3 Å².